The van der Waals surface area contributed by atoms with Gasteiger partial charge in [0.25, 0.3) is 5.56 Å². The Kier molecular flexibility index (Phi) is 5.93. The molecule has 2 aromatic heterocycles. The fraction of sp³-hybridized carbons (Fsp3) is 0.273. The minimum atomic E-state index is -1.02. The second kappa shape index (κ2) is 8.86. The van der Waals surface area contributed by atoms with Crippen molar-refractivity contribution in [2.45, 2.75) is 12.5 Å². The number of likely N-dealkylation sites (tertiary alicyclic amines) is 1. The van der Waals surface area contributed by atoms with E-state index in [1.54, 1.807) is 4.90 Å². The van der Waals surface area contributed by atoms with Crippen molar-refractivity contribution in [3.05, 3.63) is 52.0 Å². The molecule has 1 aliphatic rings. The van der Waals surface area contributed by atoms with Crippen molar-refractivity contribution in [3.63, 3.8) is 0 Å². The molecule has 3 N–H and O–H groups in total. The van der Waals surface area contributed by atoms with Crippen LogP contribution in [0, 0.1) is 23.5 Å². The van der Waals surface area contributed by atoms with Gasteiger partial charge in [0, 0.05) is 19.2 Å². The molecule has 12 heteroatoms. The van der Waals surface area contributed by atoms with Crippen LogP contribution in [0.5, 0.6) is 11.5 Å². The first-order chi connectivity index (χ1) is 16.3. The van der Waals surface area contributed by atoms with Crippen LogP contribution < -0.4 is 20.8 Å². The fourth-order valence-corrected chi connectivity index (χ4v) is 3.85. The Morgan fingerprint density at radius 1 is 1.29 bits per heavy atom. The van der Waals surface area contributed by atoms with Crippen LogP contribution in [0.15, 0.2) is 23.5 Å². The van der Waals surface area contributed by atoms with Crippen LogP contribution in [0.4, 0.5) is 14.6 Å². The number of ether oxygens (including phenoxy) is 2. The minimum absolute atomic E-state index is 0.000170. The van der Waals surface area contributed by atoms with Crippen molar-refractivity contribution in [2.24, 2.45) is 0 Å². The van der Waals surface area contributed by atoms with E-state index >= 15 is 0 Å². The maximum absolute atomic E-state index is 14.7. The number of amides is 1. The van der Waals surface area contributed by atoms with Crippen LogP contribution in [0.2, 0.25) is 0 Å². The van der Waals surface area contributed by atoms with E-state index in [1.165, 1.54) is 25.0 Å². The number of aromatic amines is 1. The van der Waals surface area contributed by atoms with Gasteiger partial charge in [-0.3, -0.25) is 14.3 Å². The Hall–Kier alpha value is -4.40. The third-order valence-electron chi connectivity index (χ3n) is 5.53. The molecule has 10 nitrogen and oxygen atoms in total. The second-order valence-electron chi connectivity index (χ2n) is 7.42. The predicted octanol–water partition coefficient (Wildman–Crippen LogP) is 1.36. The van der Waals surface area contributed by atoms with Gasteiger partial charge in [-0.15, -0.1) is 0 Å². The molecule has 34 heavy (non-hydrogen) atoms. The zero-order valence-corrected chi connectivity index (χ0v) is 18.3. The standard InChI is InChI=1S/C22H20F2N6O4/c1-4-16(31)29-8-7-11(10-29)30-20-17(21(25)26-27-22(20)32)13(28-30)6-5-12-18(23)14(33-2)9-15(34-3)19(12)24/h4,9,11H,1,7-8,10H2,2-3H3,(H2,25,26)(H,27,32). The van der Waals surface area contributed by atoms with Gasteiger partial charge in [-0.25, -0.2) is 13.9 Å². The molecule has 1 saturated heterocycles. The molecular weight excluding hydrogens is 450 g/mol. The fourth-order valence-electron chi connectivity index (χ4n) is 3.85. The van der Waals surface area contributed by atoms with E-state index in [4.69, 9.17) is 15.2 Å². The van der Waals surface area contributed by atoms with Gasteiger partial charge in [-0.2, -0.15) is 10.2 Å². The summed E-state index contributed by atoms with van der Waals surface area (Å²) in [5, 5.41) is 10.6. The smallest absolute Gasteiger partial charge is 0.290 e. The van der Waals surface area contributed by atoms with Gasteiger partial charge < -0.3 is 20.1 Å². The summed E-state index contributed by atoms with van der Waals surface area (Å²) in [5.41, 5.74) is 4.91. The van der Waals surface area contributed by atoms with Gasteiger partial charge in [-0.05, 0) is 18.4 Å². The lowest BCUT2D eigenvalue weighted by molar-refractivity contribution is -0.125. The lowest BCUT2D eigenvalue weighted by Crippen LogP contribution is -2.27. The monoisotopic (exact) mass is 470 g/mol. The molecule has 1 unspecified atom stereocenters. The van der Waals surface area contributed by atoms with Crippen molar-refractivity contribution in [2.75, 3.05) is 33.0 Å². The van der Waals surface area contributed by atoms with Gasteiger partial charge in [0.05, 0.1) is 25.6 Å². The summed E-state index contributed by atoms with van der Waals surface area (Å²) < 4.78 is 40.7. The van der Waals surface area contributed by atoms with E-state index in [0.29, 0.717) is 13.0 Å². The Bertz CT molecular complexity index is 1410. The van der Waals surface area contributed by atoms with Crippen molar-refractivity contribution in [1.82, 2.24) is 24.9 Å². The number of benzene rings is 1. The van der Waals surface area contributed by atoms with Crippen LogP contribution in [-0.2, 0) is 4.79 Å². The highest BCUT2D eigenvalue weighted by molar-refractivity contribution is 5.92. The second-order valence-corrected chi connectivity index (χ2v) is 7.42. The number of hydrogen-bond acceptors (Lipinski definition) is 7. The van der Waals surface area contributed by atoms with Gasteiger partial charge in [-0.1, -0.05) is 12.5 Å². The lowest BCUT2D eigenvalue weighted by atomic mass is 10.1. The van der Waals surface area contributed by atoms with Crippen LogP contribution in [0.25, 0.3) is 10.9 Å². The van der Waals surface area contributed by atoms with Gasteiger partial charge in [0.1, 0.15) is 16.8 Å². The summed E-state index contributed by atoms with van der Waals surface area (Å²) >= 11 is 0. The summed E-state index contributed by atoms with van der Waals surface area (Å²) in [6.45, 7) is 4.21. The van der Waals surface area contributed by atoms with Crippen LogP contribution >= 0.6 is 0 Å². The molecule has 1 aliphatic heterocycles. The number of hydrogen-bond donors (Lipinski definition) is 2. The van der Waals surface area contributed by atoms with Gasteiger partial charge >= 0.3 is 0 Å². The molecule has 0 radical (unpaired) electrons. The third kappa shape index (κ3) is 3.71. The average molecular weight is 470 g/mol. The highest BCUT2D eigenvalue weighted by atomic mass is 19.1. The first-order valence-electron chi connectivity index (χ1n) is 10.1. The number of nitrogens with one attached hydrogen (secondary N) is 1. The van der Waals surface area contributed by atoms with Crippen molar-refractivity contribution >= 4 is 22.6 Å². The summed E-state index contributed by atoms with van der Waals surface area (Å²) in [6.07, 6.45) is 1.72. The number of rotatable bonds is 4. The Labute approximate surface area is 191 Å². The Balaban J connectivity index is 1.87. The van der Waals surface area contributed by atoms with E-state index in [1.807, 2.05) is 0 Å². The summed E-state index contributed by atoms with van der Waals surface area (Å²) in [4.78, 5) is 26.2. The number of nitrogen functional groups attached to an aromatic ring is 1. The van der Waals surface area contributed by atoms with E-state index in [0.717, 1.165) is 6.07 Å². The SMILES string of the molecule is C=CC(=O)N1CCC(n2nc(C#Cc3c(F)c(OC)cc(OC)c3F)c3c(N)n[nH]c(=O)c32)C1. The maximum atomic E-state index is 14.7. The first kappa shape index (κ1) is 22.8. The van der Waals surface area contributed by atoms with Gasteiger partial charge in [0.15, 0.2) is 29.0 Å². The maximum Gasteiger partial charge on any atom is 0.290 e. The molecule has 3 aromatic rings. The van der Waals surface area contributed by atoms with Crippen molar-refractivity contribution in [3.8, 4) is 23.3 Å². The third-order valence-corrected chi connectivity index (χ3v) is 5.53. The number of fused-ring (bicyclic) bond motifs is 1. The van der Waals surface area contributed by atoms with E-state index in [9.17, 15) is 18.4 Å². The zero-order valence-electron chi connectivity index (χ0n) is 18.3. The molecule has 1 fully saturated rings. The average Bonchev–Trinajstić information content (AvgIpc) is 3.47. The summed E-state index contributed by atoms with van der Waals surface area (Å²) in [7, 11) is 2.45. The number of carbonyl (C=O) groups excluding carboxylic acids is 1. The molecule has 1 amide bonds. The number of carbonyl (C=O) groups is 1. The van der Waals surface area contributed by atoms with Crippen LogP contribution in [-0.4, -0.2) is 58.1 Å². The van der Waals surface area contributed by atoms with Crippen LogP contribution in [0.3, 0.4) is 0 Å². The molecule has 3 heterocycles. The van der Waals surface area contributed by atoms with E-state index in [-0.39, 0.29) is 52.4 Å². The number of nitrogens with zero attached hydrogens (tertiary/aromatic N) is 4. The molecule has 0 bridgehead atoms. The highest BCUT2D eigenvalue weighted by Crippen LogP contribution is 2.31. The topological polar surface area (TPSA) is 128 Å². The Morgan fingerprint density at radius 3 is 2.59 bits per heavy atom. The largest absolute Gasteiger partial charge is 0.493 e. The number of anilines is 1. The normalized spacial score (nSPS) is 15.2. The highest BCUT2D eigenvalue weighted by Gasteiger charge is 2.30. The summed E-state index contributed by atoms with van der Waals surface area (Å²) in [6, 6.07) is 0.716. The molecule has 1 aromatic carbocycles. The minimum Gasteiger partial charge on any atom is -0.493 e. The van der Waals surface area contributed by atoms with Crippen LogP contribution in [0.1, 0.15) is 23.7 Å². The van der Waals surface area contributed by atoms with E-state index < -0.39 is 22.8 Å². The lowest BCUT2D eigenvalue weighted by Gasteiger charge is -2.14. The number of methoxy groups -OCH3 is 2. The number of nitrogens with two attached hydrogens (primary N) is 1. The summed E-state index contributed by atoms with van der Waals surface area (Å²) in [5.74, 6) is 2.16. The van der Waals surface area contributed by atoms with Crippen molar-refractivity contribution < 1.29 is 23.0 Å². The molecule has 176 valence electrons. The molecule has 1 atom stereocenters. The zero-order chi connectivity index (χ0) is 24.6. The predicted molar refractivity (Wildman–Crippen MR) is 118 cm³/mol. The quantitative estimate of drug-likeness (QED) is 0.435. The Morgan fingerprint density at radius 2 is 1.97 bits per heavy atom. The first-order valence-corrected chi connectivity index (χ1v) is 10.1. The van der Waals surface area contributed by atoms with Gasteiger partial charge in [0.2, 0.25) is 5.91 Å². The molecule has 0 aliphatic carbocycles. The number of aromatic nitrogens is 4. The molecule has 0 spiro atoms. The molecule has 4 rings (SSSR count). The number of halogens is 2. The van der Waals surface area contributed by atoms with Crippen molar-refractivity contribution in [1.29, 1.82) is 0 Å². The number of H-pyrrole nitrogens is 1. The molecular formula is C22H20F2N6O4. The molecule has 0 saturated carbocycles. The van der Waals surface area contributed by atoms with E-state index in [2.05, 4.69) is 33.7 Å².